The van der Waals surface area contributed by atoms with Crippen LogP contribution < -0.4 is 10.6 Å². The summed E-state index contributed by atoms with van der Waals surface area (Å²) in [5.74, 6) is -0.708. The van der Waals surface area contributed by atoms with Gasteiger partial charge in [0.15, 0.2) is 0 Å². The Labute approximate surface area is 133 Å². The summed E-state index contributed by atoms with van der Waals surface area (Å²) < 4.78 is 0. The van der Waals surface area contributed by atoms with E-state index in [1.807, 2.05) is 13.2 Å². The molecule has 7 nitrogen and oxygen atoms in total. The predicted octanol–water partition coefficient (Wildman–Crippen LogP) is 1.96. The third-order valence-electron chi connectivity index (χ3n) is 2.85. The highest BCUT2D eigenvalue weighted by Gasteiger charge is 2.20. The summed E-state index contributed by atoms with van der Waals surface area (Å²) in [7, 11) is 0. The summed E-state index contributed by atoms with van der Waals surface area (Å²) in [4.78, 5) is 34.6. The third-order valence-corrected chi connectivity index (χ3v) is 3.58. The minimum Gasteiger partial charge on any atom is -0.356 e. The molecule has 0 aliphatic heterocycles. The van der Waals surface area contributed by atoms with Crippen LogP contribution in [-0.2, 0) is 4.79 Å². The fourth-order valence-electron chi connectivity index (χ4n) is 1.72. The quantitative estimate of drug-likeness (QED) is 0.432. The van der Waals surface area contributed by atoms with Gasteiger partial charge in [0.2, 0.25) is 5.91 Å². The molecule has 1 rings (SSSR count). The van der Waals surface area contributed by atoms with Gasteiger partial charge in [0.05, 0.1) is 4.92 Å². The normalized spacial score (nSPS) is 10.1. The van der Waals surface area contributed by atoms with Crippen molar-refractivity contribution in [1.82, 2.24) is 10.6 Å². The number of nitrogens with zero attached hydrogens (tertiary/aromatic N) is 1. The van der Waals surface area contributed by atoms with Crippen molar-refractivity contribution in [2.24, 2.45) is 0 Å². The van der Waals surface area contributed by atoms with Crippen LogP contribution in [0, 0.1) is 10.1 Å². The molecule has 8 heteroatoms. The van der Waals surface area contributed by atoms with Crippen molar-refractivity contribution in [2.45, 2.75) is 24.7 Å². The molecule has 0 radical (unpaired) electrons. The van der Waals surface area contributed by atoms with Gasteiger partial charge in [-0.25, -0.2) is 0 Å². The molecule has 1 aromatic rings. The lowest BCUT2D eigenvalue weighted by Gasteiger charge is -2.07. The Morgan fingerprint density at radius 2 is 2.00 bits per heavy atom. The Hall–Kier alpha value is -2.09. The number of benzene rings is 1. The largest absolute Gasteiger partial charge is 0.356 e. The topological polar surface area (TPSA) is 101 Å². The molecule has 22 heavy (non-hydrogen) atoms. The molecule has 0 atom stereocenters. The third kappa shape index (κ3) is 5.36. The van der Waals surface area contributed by atoms with Gasteiger partial charge in [-0.05, 0) is 24.8 Å². The van der Waals surface area contributed by atoms with E-state index in [-0.39, 0.29) is 30.1 Å². The monoisotopic (exact) mass is 325 g/mol. The van der Waals surface area contributed by atoms with Gasteiger partial charge >= 0.3 is 0 Å². The predicted molar refractivity (Wildman–Crippen MR) is 85.1 cm³/mol. The first-order chi connectivity index (χ1) is 10.5. The number of carbonyl (C=O) groups is 2. The van der Waals surface area contributed by atoms with E-state index in [1.165, 1.54) is 23.9 Å². The van der Waals surface area contributed by atoms with E-state index in [1.54, 1.807) is 6.07 Å². The Kier molecular flexibility index (Phi) is 7.38. The summed E-state index contributed by atoms with van der Waals surface area (Å²) in [5, 5.41) is 16.2. The Balaban J connectivity index is 2.68. The molecule has 0 saturated carbocycles. The van der Waals surface area contributed by atoms with Crippen LogP contribution in [0.1, 0.15) is 30.1 Å². The first kappa shape index (κ1) is 18.0. The SMILES string of the molecule is CCCNC(=O)CCNC(=O)c1cc(SC)ccc1[N+](=O)[O-]. The average Bonchev–Trinajstić information content (AvgIpc) is 2.51. The van der Waals surface area contributed by atoms with Crippen LogP contribution in [0.15, 0.2) is 23.1 Å². The number of nitro benzene ring substituents is 1. The van der Waals surface area contributed by atoms with E-state index in [9.17, 15) is 19.7 Å². The zero-order valence-corrected chi connectivity index (χ0v) is 13.4. The van der Waals surface area contributed by atoms with Crippen LogP contribution in [0.4, 0.5) is 5.69 Å². The molecule has 2 amide bonds. The van der Waals surface area contributed by atoms with Crippen molar-refractivity contribution in [3.8, 4) is 0 Å². The van der Waals surface area contributed by atoms with Gasteiger partial charge in [0.25, 0.3) is 11.6 Å². The minimum atomic E-state index is -0.590. The van der Waals surface area contributed by atoms with Crippen LogP contribution in [0.2, 0.25) is 0 Å². The van der Waals surface area contributed by atoms with Crippen molar-refractivity contribution in [3.05, 3.63) is 33.9 Å². The minimum absolute atomic E-state index is 0.00539. The molecule has 0 spiro atoms. The summed E-state index contributed by atoms with van der Waals surface area (Å²) in [5.41, 5.74) is -0.239. The van der Waals surface area contributed by atoms with E-state index in [2.05, 4.69) is 10.6 Å². The molecule has 0 aliphatic carbocycles. The highest BCUT2D eigenvalue weighted by Crippen LogP contribution is 2.24. The maximum atomic E-state index is 12.1. The molecule has 0 aliphatic rings. The smallest absolute Gasteiger partial charge is 0.282 e. The molecule has 1 aromatic carbocycles. The molecule has 120 valence electrons. The van der Waals surface area contributed by atoms with E-state index >= 15 is 0 Å². The number of amides is 2. The summed E-state index contributed by atoms with van der Waals surface area (Å²) in [6.45, 7) is 2.67. The first-order valence-electron chi connectivity index (χ1n) is 6.87. The van der Waals surface area contributed by atoms with Crippen LogP contribution >= 0.6 is 11.8 Å². The molecule has 0 fully saturated rings. The van der Waals surface area contributed by atoms with Crippen molar-refractivity contribution in [2.75, 3.05) is 19.3 Å². The second-order valence-corrected chi connectivity index (χ2v) is 5.38. The van der Waals surface area contributed by atoms with Gasteiger partial charge in [-0.2, -0.15) is 0 Å². The van der Waals surface area contributed by atoms with Gasteiger partial charge in [0.1, 0.15) is 5.56 Å². The highest BCUT2D eigenvalue weighted by molar-refractivity contribution is 7.98. The van der Waals surface area contributed by atoms with E-state index in [4.69, 9.17) is 0 Å². The summed E-state index contributed by atoms with van der Waals surface area (Å²) in [6, 6.07) is 4.39. The Bertz CT molecular complexity index is 563. The zero-order valence-electron chi connectivity index (χ0n) is 12.5. The molecule has 0 bridgehead atoms. The second-order valence-electron chi connectivity index (χ2n) is 4.50. The number of nitrogens with one attached hydrogen (secondary N) is 2. The molecule has 0 saturated heterocycles. The lowest BCUT2D eigenvalue weighted by atomic mass is 10.1. The average molecular weight is 325 g/mol. The Morgan fingerprint density at radius 1 is 1.27 bits per heavy atom. The van der Waals surface area contributed by atoms with Crippen LogP contribution in [-0.4, -0.2) is 36.1 Å². The van der Waals surface area contributed by atoms with Crippen molar-refractivity contribution in [3.63, 3.8) is 0 Å². The summed E-state index contributed by atoms with van der Waals surface area (Å²) >= 11 is 1.39. The number of thioether (sulfide) groups is 1. The number of hydrogen-bond acceptors (Lipinski definition) is 5. The summed E-state index contributed by atoms with van der Waals surface area (Å²) in [6.07, 6.45) is 2.80. The van der Waals surface area contributed by atoms with Crippen LogP contribution in [0.3, 0.4) is 0 Å². The van der Waals surface area contributed by atoms with Gasteiger partial charge in [-0.3, -0.25) is 19.7 Å². The highest BCUT2D eigenvalue weighted by atomic mass is 32.2. The fourth-order valence-corrected chi connectivity index (χ4v) is 2.16. The van der Waals surface area contributed by atoms with E-state index in [0.717, 1.165) is 11.3 Å². The number of carbonyl (C=O) groups excluding carboxylic acids is 2. The fraction of sp³-hybridized carbons (Fsp3) is 0.429. The van der Waals surface area contributed by atoms with Crippen molar-refractivity contribution in [1.29, 1.82) is 0 Å². The van der Waals surface area contributed by atoms with Gasteiger partial charge in [-0.1, -0.05) is 6.92 Å². The molecular formula is C14H19N3O4S. The maximum absolute atomic E-state index is 12.1. The standard InChI is InChI=1S/C14H19N3O4S/c1-3-7-15-13(18)6-8-16-14(19)11-9-10(22-2)4-5-12(11)17(20)21/h4-5,9H,3,6-8H2,1-2H3,(H,15,18)(H,16,19). The van der Waals surface area contributed by atoms with Crippen LogP contribution in [0.5, 0.6) is 0 Å². The number of nitro groups is 1. The van der Waals surface area contributed by atoms with Gasteiger partial charge in [-0.15, -0.1) is 11.8 Å². The molecular weight excluding hydrogens is 306 g/mol. The van der Waals surface area contributed by atoms with Gasteiger partial charge in [0, 0.05) is 30.5 Å². The lowest BCUT2D eigenvalue weighted by Crippen LogP contribution is -2.31. The van der Waals surface area contributed by atoms with E-state index in [0.29, 0.717) is 6.54 Å². The van der Waals surface area contributed by atoms with Crippen molar-refractivity contribution < 1.29 is 14.5 Å². The number of rotatable bonds is 8. The second kappa shape index (κ2) is 9.04. The Morgan fingerprint density at radius 3 is 2.59 bits per heavy atom. The first-order valence-corrected chi connectivity index (χ1v) is 8.09. The molecule has 0 unspecified atom stereocenters. The van der Waals surface area contributed by atoms with Crippen LogP contribution in [0.25, 0.3) is 0 Å². The lowest BCUT2D eigenvalue weighted by molar-refractivity contribution is -0.385. The molecule has 2 N–H and O–H groups in total. The number of hydrogen-bond donors (Lipinski definition) is 2. The van der Waals surface area contributed by atoms with Gasteiger partial charge < -0.3 is 10.6 Å². The zero-order chi connectivity index (χ0) is 16.5. The molecule has 0 heterocycles. The molecule has 0 aromatic heterocycles. The van der Waals surface area contributed by atoms with E-state index < -0.39 is 10.8 Å². The maximum Gasteiger partial charge on any atom is 0.282 e. The van der Waals surface area contributed by atoms with Crippen molar-refractivity contribution >= 4 is 29.3 Å².